The van der Waals surface area contributed by atoms with Crippen molar-refractivity contribution in [1.29, 1.82) is 0 Å². The molecule has 0 atom stereocenters. The van der Waals surface area contributed by atoms with Gasteiger partial charge in [-0.1, -0.05) is 0 Å². The summed E-state index contributed by atoms with van der Waals surface area (Å²) in [6.45, 7) is 5.90. The minimum atomic E-state index is 0.623. The van der Waals surface area contributed by atoms with Gasteiger partial charge in [0.1, 0.15) is 0 Å². The number of nitrogens with zero attached hydrogens (tertiary/aromatic N) is 5. The van der Waals surface area contributed by atoms with E-state index in [9.17, 15) is 0 Å². The van der Waals surface area contributed by atoms with E-state index in [2.05, 4.69) is 25.2 Å². The zero-order chi connectivity index (χ0) is 13.0. The van der Waals surface area contributed by atoms with E-state index in [0.29, 0.717) is 17.8 Å². The van der Waals surface area contributed by atoms with E-state index >= 15 is 0 Å². The summed E-state index contributed by atoms with van der Waals surface area (Å²) < 4.78 is 5.34. The number of rotatable bonds is 4. The van der Waals surface area contributed by atoms with E-state index in [1.165, 1.54) is 0 Å². The van der Waals surface area contributed by atoms with Crippen LogP contribution in [0.3, 0.4) is 0 Å². The predicted octanol–water partition coefficient (Wildman–Crippen LogP) is 0.206. The largest absolute Gasteiger partial charge is 0.378 e. The number of nitrogens with one attached hydrogen (secondary N) is 1. The molecule has 1 saturated heterocycles. The van der Waals surface area contributed by atoms with Crippen molar-refractivity contribution >= 4 is 17.8 Å². The predicted molar refractivity (Wildman–Crippen MR) is 71.3 cm³/mol. The molecule has 0 unspecified atom stereocenters. The first-order valence-corrected chi connectivity index (χ1v) is 6.20. The van der Waals surface area contributed by atoms with E-state index in [0.717, 1.165) is 32.8 Å². The van der Waals surface area contributed by atoms with Gasteiger partial charge in [-0.15, -0.1) is 0 Å². The molecule has 0 bridgehead atoms. The topological polar surface area (TPSA) is 66.4 Å². The highest BCUT2D eigenvalue weighted by Crippen LogP contribution is 2.16. The van der Waals surface area contributed by atoms with Gasteiger partial charge in [-0.3, -0.25) is 0 Å². The molecule has 1 aromatic rings. The average Bonchev–Trinajstić information content (AvgIpc) is 2.40. The Morgan fingerprint density at radius 1 is 1.22 bits per heavy atom. The van der Waals surface area contributed by atoms with Crippen LogP contribution in [-0.2, 0) is 4.74 Å². The Kier molecular flexibility index (Phi) is 4.14. The van der Waals surface area contributed by atoms with E-state index in [1.54, 1.807) is 0 Å². The molecule has 7 nitrogen and oxygen atoms in total. The molecule has 100 valence electrons. The maximum atomic E-state index is 5.34. The first kappa shape index (κ1) is 12.8. The summed E-state index contributed by atoms with van der Waals surface area (Å²) in [7, 11) is 3.85. The van der Waals surface area contributed by atoms with Gasteiger partial charge in [0.2, 0.25) is 17.8 Å². The monoisotopic (exact) mass is 252 g/mol. The number of ether oxygens (including phenoxy) is 1. The fraction of sp³-hybridized carbons (Fsp3) is 0.727. The third-order valence-electron chi connectivity index (χ3n) is 2.64. The minimum Gasteiger partial charge on any atom is -0.378 e. The lowest BCUT2D eigenvalue weighted by atomic mass is 10.4. The Labute approximate surface area is 107 Å². The third kappa shape index (κ3) is 2.98. The first-order chi connectivity index (χ1) is 8.70. The second-order valence-electron chi connectivity index (χ2n) is 4.28. The van der Waals surface area contributed by atoms with Gasteiger partial charge in [0, 0.05) is 33.7 Å². The van der Waals surface area contributed by atoms with Crippen molar-refractivity contribution in [3.8, 4) is 0 Å². The summed E-state index contributed by atoms with van der Waals surface area (Å²) in [5, 5.41) is 3.14. The summed E-state index contributed by atoms with van der Waals surface area (Å²) in [6.07, 6.45) is 0. The lowest BCUT2D eigenvalue weighted by Crippen LogP contribution is -2.37. The lowest BCUT2D eigenvalue weighted by Gasteiger charge is -2.27. The van der Waals surface area contributed by atoms with Crippen LogP contribution in [0.2, 0.25) is 0 Å². The van der Waals surface area contributed by atoms with Crippen molar-refractivity contribution in [1.82, 2.24) is 15.0 Å². The van der Waals surface area contributed by atoms with Crippen LogP contribution >= 0.6 is 0 Å². The number of anilines is 3. The third-order valence-corrected chi connectivity index (χ3v) is 2.64. The molecule has 1 aliphatic rings. The summed E-state index contributed by atoms with van der Waals surface area (Å²) in [5.74, 6) is 2.01. The fourth-order valence-corrected chi connectivity index (χ4v) is 1.70. The SMILES string of the molecule is CCNc1nc(N(C)C)nc(N2CCOCC2)n1. The summed E-state index contributed by atoms with van der Waals surface area (Å²) in [4.78, 5) is 17.3. The van der Waals surface area contributed by atoms with Gasteiger partial charge in [-0.2, -0.15) is 15.0 Å². The number of aromatic nitrogens is 3. The molecule has 18 heavy (non-hydrogen) atoms. The minimum absolute atomic E-state index is 0.623. The van der Waals surface area contributed by atoms with Gasteiger partial charge in [0.05, 0.1) is 13.2 Å². The molecule has 0 spiro atoms. The first-order valence-electron chi connectivity index (χ1n) is 6.20. The lowest BCUT2D eigenvalue weighted by molar-refractivity contribution is 0.122. The number of hydrogen-bond donors (Lipinski definition) is 1. The van der Waals surface area contributed by atoms with Crippen molar-refractivity contribution in [2.75, 3.05) is 62.1 Å². The van der Waals surface area contributed by atoms with Gasteiger partial charge in [-0.05, 0) is 6.92 Å². The molecular weight excluding hydrogens is 232 g/mol. The smallest absolute Gasteiger partial charge is 0.232 e. The Bertz CT molecular complexity index is 391. The van der Waals surface area contributed by atoms with Crippen LogP contribution in [0.15, 0.2) is 0 Å². The molecule has 1 aliphatic heterocycles. The molecule has 2 heterocycles. The normalized spacial score (nSPS) is 15.6. The zero-order valence-electron chi connectivity index (χ0n) is 11.2. The fourth-order valence-electron chi connectivity index (χ4n) is 1.70. The Hall–Kier alpha value is -1.63. The van der Waals surface area contributed by atoms with E-state index < -0.39 is 0 Å². The summed E-state index contributed by atoms with van der Waals surface area (Å²) >= 11 is 0. The highest BCUT2D eigenvalue weighted by Gasteiger charge is 2.16. The van der Waals surface area contributed by atoms with E-state index in [4.69, 9.17) is 4.74 Å². The molecule has 1 aromatic heterocycles. The van der Waals surface area contributed by atoms with Gasteiger partial charge < -0.3 is 19.9 Å². The van der Waals surface area contributed by atoms with Crippen molar-refractivity contribution in [3.05, 3.63) is 0 Å². The maximum Gasteiger partial charge on any atom is 0.232 e. The van der Waals surface area contributed by atoms with Crippen molar-refractivity contribution in [2.45, 2.75) is 6.92 Å². The van der Waals surface area contributed by atoms with Crippen LogP contribution in [0, 0.1) is 0 Å². The maximum absolute atomic E-state index is 5.34. The molecule has 0 aliphatic carbocycles. The second kappa shape index (κ2) is 5.81. The van der Waals surface area contributed by atoms with E-state index in [1.807, 2.05) is 25.9 Å². The van der Waals surface area contributed by atoms with Gasteiger partial charge in [0.25, 0.3) is 0 Å². The van der Waals surface area contributed by atoms with Crippen LogP contribution in [0.25, 0.3) is 0 Å². The molecule has 0 amide bonds. The van der Waals surface area contributed by atoms with Crippen LogP contribution in [-0.4, -0.2) is 61.9 Å². The molecule has 0 saturated carbocycles. The average molecular weight is 252 g/mol. The molecule has 2 rings (SSSR count). The highest BCUT2D eigenvalue weighted by atomic mass is 16.5. The van der Waals surface area contributed by atoms with Crippen LogP contribution < -0.4 is 15.1 Å². The van der Waals surface area contributed by atoms with Crippen LogP contribution in [0.4, 0.5) is 17.8 Å². The standard InChI is InChI=1S/C11H20N6O/c1-4-12-9-13-10(16(2)3)15-11(14-9)17-5-7-18-8-6-17/h4-8H2,1-3H3,(H,12,13,14,15). The van der Waals surface area contributed by atoms with Crippen molar-refractivity contribution in [3.63, 3.8) is 0 Å². The molecular formula is C11H20N6O. The quantitative estimate of drug-likeness (QED) is 0.821. The van der Waals surface area contributed by atoms with E-state index in [-0.39, 0.29) is 0 Å². The molecule has 0 aromatic carbocycles. The van der Waals surface area contributed by atoms with Gasteiger partial charge >= 0.3 is 0 Å². The highest BCUT2D eigenvalue weighted by molar-refractivity contribution is 5.44. The molecule has 1 fully saturated rings. The van der Waals surface area contributed by atoms with Gasteiger partial charge in [0.15, 0.2) is 0 Å². The Morgan fingerprint density at radius 3 is 2.56 bits per heavy atom. The molecule has 7 heteroatoms. The second-order valence-corrected chi connectivity index (χ2v) is 4.28. The molecule has 1 N–H and O–H groups in total. The molecule has 0 radical (unpaired) electrons. The van der Waals surface area contributed by atoms with Crippen LogP contribution in [0.1, 0.15) is 6.92 Å². The number of hydrogen-bond acceptors (Lipinski definition) is 7. The Morgan fingerprint density at radius 2 is 1.94 bits per heavy atom. The van der Waals surface area contributed by atoms with Crippen molar-refractivity contribution in [2.24, 2.45) is 0 Å². The van der Waals surface area contributed by atoms with Gasteiger partial charge in [-0.25, -0.2) is 0 Å². The van der Waals surface area contributed by atoms with Crippen molar-refractivity contribution < 1.29 is 4.74 Å². The Balaban J connectivity index is 2.26. The summed E-state index contributed by atoms with van der Waals surface area (Å²) in [6, 6.07) is 0. The van der Waals surface area contributed by atoms with Crippen LogP contribution in [0.5, 0.6) is 0 Å². The zero-order valence-corrected chi connectivity index (χ0v) is 11.2. The summed E-state index contributed by atoms with van der Waals surface area (Å²) in [5.41, 5.74) is 0. The number of morpholine rings is 1.